The molecular formula is C19H25NO2. The Labute approximate surface area is 133 Å². The van der Waals surface area contributed by atoms with Gasteiger partial charge in [-0.25, -0.2) is 0 Å². The fourth-order valence-corrected chi connectivity index (χ4v) is 2.44. The molecule has 2 aromatic carbocycles. The highest BCUT2D eigenvalue weighted by Crippen LogP contribution is 2.26. The fourth-order valence-electron chi connectivity index (χ4n) is 2.44. The number of ether oxygens (including phenoxy) is 2. The molecule has 0 bridgehead atoms. The predicted octanol–water partition coefficient (Wildman–Crippen LogP) is 4.51. The molecule has 2 aromatic rings. The molecule has 3 nitrogen and oxygen atoms in total. The van der Waals surface area contributed by atoms with Gasteiger partial charge in [-0.1, -0.05) is 25.1 Å². The second-order valence-electron chi connectivity index (χ2n) is 5.43. The van der Waals surface area contributed by atoms with Gasteiger partial charge in [0.25, 0.3) is 0 Å². The van der Waals surface area contributed by atoms with Gasteiger partial charge in [-0.15, -0.1) is 0 Å². The molecule has 0 fully saturated rings. The predicted molar refractivity (Wildman–Crippen MR) is 91.9 cm³/mol. The summed E-state index contributed by atoms with van der Waals surface area (Å²) in [5.74, 6) is 1.78. The summed E-state index contributed by atoms with van der Waals surface area (Å²) in [6.07, 6.45) is 1.09. The third-order valence-corrected chi connectivity index (χ3v) is 4.02. The van der Waals surface area contributed by atoms with E-state index >= 15 is 0 Å². The topological polar surface area (TPSA) is 21.7 Å². The molecular weight excluding hydrogens is 274 g/mol. The van der Waals surface area contributed by atoms with Gasteiger partial charge in [0.2, 0.25) is 0 Å². The van der Waals surface area contributed by atoms with Crippen LogP contribution in [0.1, 0.15) is 25.8 Å². The zero-order chi connectivity index (χ0) is 15.9. The molecule has 1 unspecified atom stereocenters. The van der Waals surface area contributed by atoms with E-state index in [2.05, 4.69) is 43.0 Å². The highest BCUT2D eigenvalue weighted by Gasteiger charge is 2.14. The summed E-state index contributed by atoms with van der Waals surface area (Å²) in [4.78, 5) is 2.41. The van der Waals surface area contributed by atoms with Crippen LogP contribution >= 0.6 is 0 Å². The molecule has 3 heteroatoms. The molecule has 0 radical (unpaired) electrons. The number of benzene rings is 2. The lowest BCUT2D eigenvalue weighted by Crippen LogP contribution is -2.32. The molecule has 0 spiro atoms. The monoisotopic (exact) mass is 299 g/mol. The van der Waals surface area contributed by atoms with Gasteiger partial charge in [-0.05, 0) is 43.2 Å². The van der Waals surface area contributed by atoms with Gasteiger partial charge in [0.15, 0.2) is 0 Å². The minimum absolute atomic E-state index is 0.453. The van der Waals surface area contributed by atoms with Crippen molar-refractivity contribution in [2.24, 2.45) is 0 Å². The number of anilines is 1. The van der Waals surface area contributed by atoms with E-state index in [1.165, 1.54) is 11.3 Å². The standard InChI is InChI=1S/C19H25NO2/c1-5-15(2)20(17-7-6-8-19(13-17)22-4)14-16-9-11-18(21-3)12-10-16/h6-13,15H,5,14H2,1-4H3. The van der Waals surface area contributed by atoms with Crippen molar-refractivity contribution in [3.63, 3.8) is 0 Å². The van der Waals surface area contributed by atoms with Crippen LogP contribution in [-0.4, -0.2) is 20.3 Å². The first-order valence-corrected chi connectivity index (χ1v) is 7.71. The summed E-state index contributed by atoms with van der Waals surface area (Å²) < 4.78 is 10.6. The number of methoxy groups -OCH3 is 2. The molecule has 0 aliphatic carbocycles. The van der Waals surface area contributed by atoms with Crippen LogP contribution in [-0.2, 0) is 6.54 Å². The smallest absolute Gasteiger partial charge is 0.120 e. The van der Waals surface area contributed by atoms with E-state index in [0.717, 1.165) is 24.5 Å². The summed E-state index contributed by atoms with van der Waals surface area (Å²) in [7, 11) is 3.40. The Morgan fingerprint density at radius 2 is 1.64 bits per heavy atom. The van der Waals surface area contributed by atoms with Gasteiger partial charge in [-0.3, -0.25) is 0 Å². The number of hydrogen-bond donors (Lipinski definition) is 0. The summed E-state index contributed by atoms with van der Waals surface area (Å²) in [6.45, 7) is 5.33. The Hall–Kier alpha value is -2.16. The lowest BCUT2D eigenvalue weighted by atomic mass is 10.1. The Balaban J connectivity index is 2.25. The normalized spacial score (nSPS) is 11.8. The first kappa shape index (κ1) is 16.2. The largest absolute Gasteiger partial charge is 0.497 e. The van der Waals surface area contributed by atoms with E-state index < -0.39 is 0 Å². The number of nitrogens with zero attached hydrogens (tertiary/aromatic N) is 1. The van der Waals surface area contributed by atoms with Crippen LogP contribution in [0.4, 0.5) is 5.69 Å². The zero-order valence-corrected chi connectivity index (χ0v) is 13.9. The van der Waals surface area contributed by atoms with E-state index in [0.29, 0.717) is 6.04 Å². The summed E-state index contributed by atoms with van der Waals surface area (Å²) in [6, 6.07) is 17.0. The molecule has 0 amide bonds. The third-order valence-electron chi connectivity index (χ3n) is 4.02. The van der Waals surface area contributed by atoms with E-state index in [9.17, 15) is 0 Å². The maximum Gasteiger partial charge on any atom is 0.120 e. The minimum Gasteiger partial charge on any atom is -0.497 e. The zero-order valence-electron chi connectivity index (χ0n) is 13.9. The highest BCUT2D eigenvalue weighted by atomic mass is 16.5. The van der Waals surface area contributed by atoms with Gasteiger partial charge < -0.3 is 14.4 Å². The molecule has 0 N–H and O–H groups in total. The maximum absolute atomic E-state index is 5.36. The van der Waals surface area contributed by atoms with Crippen molar-refractivity contribution in [1.29, 1.82) is 0 Å². The van der Waals surface area contributed by atoms with Gasteiger partial charge in [0, 0.05) is 24.3 Å². The Morgan fingerprint density at radius 1 is 0.955 bits per heavy atom. The lowest BCUT2D eigenvalue weighted by Gasteiger charge is -2.31. The quantitative estimate of drug-likeness (QED) is 0.751. The summed E-state index contributed by atoms with van der Waals surface area (Å²) in [5.41, 5.74) is 2.45. The molecule has 0 saturated carbocycles. The van der Waals surface area contributed by atoms with Crippen molar-refractivity contribution in [3.8, 4) is 11.5 Å². The van der Waals surface area contributed by atoms with E-state index in [-0.39, 0.29) is 0 Å². The molecule has 1 atom stereocenters. The second-order valence-corrected chi connectivity index (χ2v) is 5.43. The molecule has 0 heterocycles. The van der Waals surface area contributed by atoms with Crippen molar-refractivity contribution < 1.29 is 9.47 Å². The van der Waals surface area contributed by atoms with Crippen LogP contribution in [0.2, 0.25) is 0 Å². The Bertz CT molecular complexity index is 580. The van der Waals surface area contributed by atoms with Crippen molar-refractivity contribution in [2.75, 3.05) is 19.1 Å². The average Bonchev–Trinajstić information content (AvgIpc) is 2.59. The van der Waals surface area contributed by atoms with Crippen molar-refractivity contribution >= 4 is 5.69 Å². The molecule has 0 aliphatic heterocycles. The van der Waals surface area contributed by atoms with Gasteiger partial charge in [0.1, 0.15) is 11.5 Å². The molecule has 0 aliphatic rings. The van der Waals surface area contributed by atoms with Gasteiger partial charge in [-0.2, -0.15) is 0 Å². The average molecular weight is 299 g/mol. The molecule has 22 heavy (non-hydrogen) atoms. The first-order valence-electron chi connectivity index (χ1n) is 7.71. The lowest BCUT2D eigenvalue weighted by molar-refractivity contribution is 0.414. The Kier molecular flexibility index (Phi) is 5.70. The van der Waals surface area contributed by atoms with Crippen molar-refractivity contribution in [1.82, 2.24) is 0 Å². The fraction of sp³-hybridized carbons (Fsp3) is 0.368. The first-order chi connectivity index (χ1) is 10.7. The molecule has 0 saturated heterocycles. The molecule has 118 valence electrons. The van der Waals surface area contributed by atoms with Gasteiger partial charge in [0.05, 0.1) is 14.2 Å². The van der Waals surface area contributed by atoms with Crippen molar-refractivity contribution in [3.05, 3.63) is 54.1 Å². The van der Waals surface area contributed by atoms with Gasteiger partial charge >= 0.3 is 0 Å². The van der Waals surface area contributed by atoms with Crippen LogP contribution in [0.15, 0.2) is 48.5 Å². The minimum atomic E-state index is 0.453. The van der Waals surface area contributed by atoms with Crippen LogP contribution in [0.3, 0.4) is 0 Å². The van der Waals surface area contributed by atoms with E-state index in [1.54, 1.807) is 14.2 Å². The molecule has 2 rings (SSSR count). The third kappa shape index (κ3) is 3.94. The Morgan fingerprint density at radius 3 is 2.23 bits per heavy atom. The van der Waals surface area contributed by atoms with Crippen LogP contribution in [0.5, 0.6) is 11.5 Å². The SMILES string of the molecule is CCC(C)N(Cc1ccc(OC)cc1)c1cccc(OC)c1. The highest BCUT2D eigenvalue weighted by molar-refractivity contribution is 5.52. The van der Waals surface area contributed by atoms with E-state index in [1.807, 2.05) is 24.3 Å². The summed E-state index contributed by atoms with van der Waals surface area (Å²) >= 11 is 0. The second kappa shape index (κ2) is 7.74. The number of rotatable bonds is 7. The molecule has 0 aromatic heterocycles. The number of hydrogen-bond acceptors (Lipinski definition) is 3. The van der Waals surface area contributed by atoms with Crippen molar-refractivity contribution in [2.45, 2.75) is 32.9 Å². The van der Waals surface area contributed by atoms with Crippen LogP contribution in [0.25, 0.3) is 0 Å². The summed E-state index contributed by atoms with van der Waals surface area (Å²) in [5, 5.41) is 0. The van der Waals surface area contributed by atoms with E-state index in [4.69, 9.17) is 9.47 Å². The maximum atomic E-state index is 5.36. The van der Waals surface area contributed by atoms with Crippen LogP contribution in [0, 0.1) is 0 Å². The van der Waals surface area contributed by atoms with Crippen LogP contribution < -0.4 is 14.4 Å².